The van der Waals surface area contributed by atoms with Crippen LogP contribution in [0.25, 0.3) is 118 Å². The molecule has 2 aliphatic rings. The van der Waals surface area contributed by atoms with E-state index in [9.17, 15) is 0 Å². The topological polar surface area (TPSA) is 32.8 Å². The number of hydrogen-bond acceptors (Lipinski definition) is 6. The molecule has 0 saturated carbocycles. The SMILES string of the molecule is CC(C)(C)c1ccc(N(c2ccc(-c3ccccc3)cc2)c2ccc3c(c2)C(C)(C)c2ccccc2-3)cc1.CC(C)(C)c1ccc(N(c2ccccc2)c2ccc3c(c2)C(C)(C)c2ccccc2-3)cc1.CC(C)(C)c1ccc2c(c1)oc1ccccc12.CC(C)(C)c1ccc2c(c1)sc1ccccc12.CC(C)(C)c1cccc2c1oc1ccccc12.CC(C)(C)c1cccc2c1sc1ccccc12. The van der Waals surface area contributed by atoms with Gasteiger partial charge in [-0.2, -0.15) is 0 Å². The Kier molecular flexibility index (Phi) is 25.6. The quantitative estimate of drug-likeness (QED) is 0.159. The Morgan fingerprint density at radius 3 is 1.05 bits per heavy atom. The molecule has 0 bridgehead atoms. The second kappa shape index (κ2) is 37.4. The van der Waals surface area contributed by atoms with Gasteiger partial charge in [0.05, 0.1) is 0 Å². The predicted molar refractivity (Wildman–Crippen MR) is 601 cm³/mol. The van der Waals surface area contributed by atoms with Crippen molar-refractivity contribution < 1.29 is 8.83 Å². The zero-order valence-corrected chi connectivity index (χ0v) is 86.1. The summed E-state index contributed by atoms with van der Waals surface area (Å²) in [5.74, 6) is 0. The molecule has 0 radical (unpaired) electrons. The monoisotopic (exact) mass is 1840 g/mol. The molecule has 692 valence electrons. The molecule has 6 heteroatoms. The molecule has 138 heavy (non-hydrogen) atoms. The summed E-state index contributed by atoms with van der Waals surface area (Å²) >= 11 is 3.81. The van der Waals surface area contributed by atoms with Crippen LogP contribution in [-0.4, -0.2) is 0 Å². The van der Waals surface area contributed by atoms with Crippen LogP contribution in [-0.2, 0) is 43.3 Å². The lowest BCUT2D eigenvalue weighted by molar-refractivity contribution is 0.573. The summed E-state index contributed by atoms with van der Waals surface area (Å²) in [6.07, 6.45) is 0. The molecule has 21 aromatic rings. The standard InChI is InChI=1S/C37H35N.C31H31N.2C16H16O.2C16H16S/c1-36(2,3)28-17-21-30(22-18-28)38(29-19-15-27(16-20-29)26-11-7-6-8-12-26)31-23-24-33-32-13-9-10-14-34(32)37(4,5)35(33)25-31;1-30(2,3)22-15-17-24(18-16-22)32(23-11-7-6-8-12-23)25-19-20-27-26-13-9-10-14-28(26)31(4,5)29(27)21-25;1-16(2,3)13-9-6-8-12-11-7-4-5-10-14(11)17-15(12)13;1-16(2,3)11-8-9-13-12-6-4-5-7-14(12)17-15(13)10-11;1-16(2,3)13-9-6-8-12-11-7-4-5-10-14(11)17-15(12)13;1-16(2,3)11-8-9-13-12-6-4-5-7-14(12)17-15(13)10-11/h6-25H,1-5H3;6-21H,1-5H3;4*4-10H,1-3H3. The Morgan fingerprint density at radius 1 is 0.210 bits per heavy atom. The molecule has 4 nitrogen and oxygen atoms in total. The third-order valence-corrected chi connectivity index (χ3v) is 30.1. The maximum absolute atomic E-state index is 6.01. The summed E-state index contributed by atoms with van der Waals surface area (Å²) in [6, 6.07) is 140. The molecule has 17 aromatic carbocycles. The van der Waals surface area contributed by atoms with Crippen molar-refractivity contribution in [1.29, 1.82) is 0 Å². The average molecular weight is 1840 g/mol. The van der Waals surface area contributed by atoms with Gasteiger partial charge in [0.1, 0.15) is 22.3 Å². The maximum Gasteiger partial charge on any atom is 0.139 e. The van der Waals surface area contributed by atoms with Crippen molar-refractivity contribution in [1.82, 2.24) is 0 Å². The lowest BCUT2D eigenvalue weighted by atomic mass is 9.82. The molecular weight excluding hydrogens is 1710 g/mol. The first-order valence-electron chi connectivity index (χ1n) is 48.9. The molecule has 0 atom stereocenters. The van der Waals surface area contributed by atoms with E-state index < -0.39 is 0 Å². The zero-order valence-electron chi connectivity index (χ0n) is 84.5. The van der Waals surface area contributed by atoms with Crippen LogP contribution >= 0.6 is 22.7 Å². The Balaban J connectivity index is 0.000000114. The maximum atomic E-state index is 6.01. The van der Waals surface area contributed by atoms with E-state index in [0.717, 1.165) is 28.0 Å². The van der Waals surface area contributed by atoms with Crippen molar-refractivity contribution in [3.8, 4) is 33.4 Å². The minimum atomic E-state index is -0.0408. The Bertz CT molecular complexity index is 7720. The molecule has 4 aromatic heterocycles. The first-order valence-corrected chi connectivity index (χ1v) is 50.5. The number of benzene rings is 17. The number of thiophene rings is 2. The van der Waals surface area contributed by atoms with E-state index in [4.69, 9.17) is 8.83 Å². The number of nitrogens with zero attached hydrogens (tertiary/aromatic N) is 2. The molecule has 0 spiro atoms. The van der Waals surface area contributed by atoms with Gasteiger partial charge in [0, 0.05) is 112 Å². The van der Waals surface area contributed by atoms with Crippen LogP contribution in [0.1, 0.15) is 208 Å². The Labute approximate surface area is 826 Å². The minimum absolute atomic E-state index is 0.0135. The van der Waals surface area contributed by atoms with Gasteiger partial charge >= 0.3 is 0 Å². The van der Waals surface area contributed by atoms with Gasteiger partial charge in [-0.15, -0.1) is 22.7 Å². The summed E-state index contributed by atoms with van der Waals surface area (Å²) < 4.78 is 17.5. The molecule has 23 rings (SSSR count). The second-order valence-corrected chi connectivity index (χ2v) is 46.6. The fourth-order valence-electron chi connectivity index (χ4n) is 19.8. The summed E-state index contributed by atoms with van der Waals surface area (Å²) in [7, 11) is 0. The van der Waals surface area contributed by atoms with E-state index in [1.165, 1.54) is 179 Å². The lowest BCUT2D eigenvalue weighted by Crippen LogP contribution is -2.17. The molecular formula is C132H130N2O2S2. The number of furan rings is 2. The van der Waals surface area contributed by atoms with Crippen LogP contribution in [0.2, 0.25) is 0 Å². The van der Waals surface area contributed by atoms with Crippen molar-refractivity contribution in [3.63, 3.8) is 0 Å². The number of para-hydroxylation sites is 4. The number of hydrogen-bond donors (Lipinski definition) is 0. The van der Waals surface area contributed by atoms with E-state index >= 15 is 0 Å². The third-order valence-electron chi connectivity index (χ3n) is 27.8. The van der Waals surface area contributed by atoms with E-state index in [-0.39, 0.29) is 43.3 Å². The van der Waals surface area contributed by atoms with Gasteiger partial charge in [-0.3, -0.25) is 0 Å². The average Bonchev–Trinajstić information content (AvgIpc) is 1.58. The van der Waals surface area contributed by atoms with Crippen LogP contribution in [0.15, 0.2) is 397 Å². The number of fused-ring (bicyclic) bond motifs is 18. The minimum Gasteiger partial charge on any atom is -0.456 e. The normalized spacial score (nSPS) is 13.1. The Morgan fingerprint density at radius 2 is 0.551 bits per heavy atom. The largest absolute Gasteiger partial charge is 0.456 e. The van der Waals surface area contributed by atoms with E-state index in [2.05, 4.69) is 526 Å². The fourth-order valence-corrected chi connectivity index (χ4v) is 22.4. The molecule has 2 aliphatic carbocycles. The van der Waals surface area contributed by atoms with Gasteiger partial charge in [0.2, 0.25) is 0 Å². The van der Waals surface area contributed by atoms with E-state index in [1.54, 1.807) is 0 Å². The molecule has 4 heterocycles. The van der Waals surface area contributed by atoms with Crippen LogP contribution in [0.3, 0.4) is 0 Å². The van der Waals surface area contributed by atoms with E-state index in [0.29, 0.717) is 0 Å². The molecule has 0 aliphatic heterocycles. The molecule has 0 fully saturated rings. The highest BCUT2D eigenvalue weighted by atomic mass is 32.1. The zero-order chi connectivity index (χ0) is 97.2. The van der Waals surface area contributed by atoms with E-state index in [1.807, 2.05) is 46.9 Å². The predicted octanol–water partition coefficient (Wildman–Crippen LogP) is 39.7. The molecule has 0 amide bonds. The first kappa shape index (κ1) is 94.7. The van der Waals surface area contributed by atoms with Crippen molar-refractivity contribution in [2.45, 2.75) is 196 Å². The first-order chi connectivity index (χ1) is 65.7. The van der Waals surface area contributed by atoms with Gasteiger partial charge < -0.3 is 18.6 Å². The summed E-state index contributed by atoms with van der Waals surface area (Å²) in [4.78, 5) is 4.76. The van der Waals surface area contributed by atoms with Gasteiger partial charge in [0.25, 0.3) is 0 Å². The Hall–Kier alpha value is -13.6. The number of rotatable bonds is 7. The summed E-state index contributed by atoms with van der Waals surface area (Å²) in [6.45, 7) is 49.9. The van der Waals surface area contributed by atoms with Crippen molar-refractivity contribution in [2.24, 2.45) is 0 Å². The van der Waals surface area contributed by atoms with Crippen LogP contribution in [0, 0.1) is 0 Å². The third kappa shape index (κ3) is 19.2. The molecule has 0 saturated heterocycles. The number of anilines is 6. The second-order valence-electron chi connectivity index (χ2n) is 44.5. The van der Waals surface area contributed by atoms with Crippen LogP contribution < -0.4 is 9.80 Å². The lowest BCUT2D eigenvalue weighted by Gasteiger charge is -2.29. The van der Waals surface area contributed by atoms with Gasteiger partial charge in [-0.1, -0.05) is 431 Å². The fraction of sp³-hybridized carbons (Fsp3) is 0.227. The molecule has 0 N–H and O–H groups in total. The van der Waals surface area contributed by atoms with Gasteiger partial charge in [0.15, 0.2) is 0 Å². The van der Waals surface area contributed by atoms with Gasteiger partial charge in [-0.05, 0) is 225 Å². The smallest absolute Gasteiger partial charge is 0.139 e. The highest BCUT2D eigenvalue weighted by Crippen LogP contribution is 2.54. The van der Waals surface area contributed by atoms with Crippen LogP contribution in [0.4, 0.5) is 34.1 Å². The van der Waals surface area contributed by atoms with Crippen molar-refractivity contribution in [2.75, 3.05) is 9.80 Å². The van der Waals surface area contributed by atoms with Crippen molar-refractivity contribution in [3.05, 3.63) is 444 Å². The van der Waals surface area contributed by atoms with Crippen molar-refractivity contribution >= 4 is 141 Å². The highest BCUT2D eigenvalue weighted by molar-refractivity contribution is 7.26. The summed E-state index contributed by atoms with van der Waals surface area (Å²) in [5, 5.41) is 10.4. The van der Waals surface area contributed by atoms with Crippen LogP contribution in [0.5, 0.6) is 0 Å². The highest BCUT2D eigenvalue weighted by Gasteiger charge is 2.38. The van der Waals surface area contributed by atoms with Gasteiger partial charge in [-0.25, -0.2) is 0 Å². The molecule has 0 unspecified atom stereocenters. The summed E-state index contributed by atoms with van der Waals surface area (Å²) in [5.41, 5.74) is 33.5.